The first-order chi connectivity index (χ1) is 11.3. The SMILES string of the molecule is C#CC/C=C(\C=C(\C)C/C(C)=C/C=C(\C=C(/C)OC)OC)C(C)C. The van der Waals surface area contributed by atoms with Crippen molar-refractivity contribution in [2.45, 2.75) is 47.5 Å². The maximum atomic E-state index is 5.36. The van der Waals surface area contributed by atoms with E-state index in [4.69, 9.17) is 15.9 Å². The van der Waals surface area contributed by atoms with Gasteiger partial charge in [-0.2, -0.15) is 0 Å². The Labute approximate surface area is 148 Å². The number of hydrogen-bond acceptors (Lipinski definition) is 2. The summed E-state index contributed by atoms with van der Waals surface area (Å²) in [7, 11) is 3.30. The molecule has 132 valence electrons. The molecule has 0 N–H and O–H groups in total. The molecule has 0 fully saturated rings. The minimum atomic E-state index is 0.472. The first-order valence-corrected chi connectivity index (χ1v) is 8.28. The third kappa shape index (κ3) is 9.79. The van der Waals surface area contributed by atoms with Crippen molar-refractivity contribution in [3.63, 3.8) is 0 Å². The fourth-order valence-electron chi connectivity index (χ4n) is 2.13. The van der Waals surface area contributed by atoms with E-state index in [1.54, 1.807) is 14.2 Å². The number of hydrogen-bond donors (Lipinski definition) is 0. The summed E-state index contributed by atoms with van der Waals surface area (Å²) in [6.45, 7) is 10.5. The Hall–Kier alpha value is -2.14. The molecule has 0 atom stereocenters. The molecule has 0 amide bonds. The van der Waals surface area contributed by atoms with Crippen molar-refractivity contribution in [2.24, 2.45) is 5.92 Å². The van der Waals surface area contributed by atoms with E-state index in [9.17, 15) is 0 Å². The van der Waals surface area contributed by atoms with Crippen molar-refractivity contribution in [3.05, 3.63) is 58.6 Å². The van der Waals surface area contributed by atoms with Gasteiger partial charge in [-0.15, -0.1) is 12.3 Å². The van der Waals surface area contributed by atoms with Crippen molar-refractivity contribution in [3.8, 4) is 12.3 Å². The second-order valence-corrected chi connectivity index (χ2v) is 6.18. The molecule has 0 heterocycles. The highest BCUT2D eigenvalue weighted by molar-refractivity contribution is 5.29. The molecule has 2 heteroatoms. The number of allylic oxidation sites excluding steroid dienone is 9. The molecule has 0 aromatic carbocycles. The fourth-order valence-corrected chi connectivity index (χ4v) is 2.13. The molecule has 0 radical (unpaired) electrons. The van der Waals surface area contributed by atoms with Gasteiger partial charge in [0.1, 0.15) is 5.76 Å². The monoisotopic (exact) mass is 328 g/mol. The van der Waals surface area contributed by atoms with Gasteiger partial charge in [-0.3, -0.25) is 0 Å². The lowest BCUT2D eigenvalue weighted by atomic mass is 9.97. The van der Waals surface area contributed by atoms with Crippen molar-refractivity contribution in [2.75, 3.05) is 14.2 Å². The molecule has 0 aliphatic heterocycles. The van der Waals surface area contributed by atoms with Gasteiger partial charge in [0.05, 0.1) is 20.0 Å². The molecule has 0 saturated carbocycles. The Morgan fingerprint density at radius 1 is 1.00 bits per heavy atom. The smallest absolute Gasteiger partial charge is 0.122 e. The first-order valence-electron chi connectivity index (χ1n) is 8.28. The second-order valence-electron chi connectivity index (χ2n) is 6.18. The van der Waals surface area contributed by atoms with Gasteiger partial charge < -0.3 is 9.47 Å². The Bertz CT molecular complexity index is 576. The molecule has 0 aliphatic rings. The van der Waals surface area contributed by atoms with Crippen molar-refractivity contribution >= 4 is 0 Å². The average Bonchev–Trinajstić information content (AvgIpc) is 2.54. The first kappa shape index (κ1) is 21.9. The molecule has 0 rings (SSSR count). The van der Waals surface area contributed by atoms with Crippen LogP contribution in [0, 0.1) is 18.3 Å². The van der Waals surface area contributed by atoms with Crippen molar-refractivity contribution < 1.29 is 9.47 Å². The molecule has 0 aromatic heterocycles. The van der Waals surface area contributed by atoms with Gasteiger partial charge in [-0.25, -0.2) is 0 Å². The normalized spacial score (nSPS) is 14.7. The molecule has 0 aromatic rings. The van der Waals surface area contributed by atoms with E-state index < -0.39 is 0 Å². The predicted octanol–water partition coefficient (Wildman–Crippen LogP) is 5.96. The van der Waals surface area contributed by atoms with E-state index in [0.29, 0.717) is 12.3 Å². The molecular weight excluding hydrogens is 296 g/mol. The standard InChI is InChI=1S/C22H32O2/c1-9-10-11-21(17(2)3)15-19(5)14-18(4)12-13-22(24-8)16-20(6)23-7/h1,11-13,15-17H,10,14H2,2-8H3/b18-12+,19-15-,20-16+,21-11+,22-13+. The molecule has 0 bridgehead atoms. The van der Waals surface area contributed by atoms with Crippen LogP contribution in [0.1, 0.15) is 47.5 Å². The average molecular weight is 328 g/mol. The van der Waals surface area contributed by atoms with Crippen molar-refractivity contribution in [1.29, 1.82) is 0 Å². The Morgan fingerprint density at radius 3 is 2.17 bits per heavy atom. The fraction of sp³-hybridized carbons (Fsp3) is 0.455. The van der Waals surface area contributed by atoms with Gasteiger partial charge in [0.25, 0.3) is 0 Å². The quantitative estimate of drug-likeness (QED) is 0.295. The molecule has 0 aliphatic carbocycles. The molecule has 24 heavy (non-hydrogen) atoms. The third-order valence-electron chi connectivity index (χ3n) is 3.53. The summed E-state index contributed by atoms with van der Waals surface area (Å²) >= 11 is 0. The van der Waals surface area contributed by atoms with E-state index in [1.165, 1.54) is 16.7 Å². The summed E-state index contributed by atoms with van der Waals surface area (Å²) in [6, 6.07) is 0. The maximum Gasteiger partial charge on any atom is 0.122 e. The summed E-state index contributed by atoms with van der Waals surface area (Å²) < 4.78 is 10.5. The van der Waals surface area contributed by atoms with Crippen LogP contribution in [0.3, 0.4) is 0 Å². The zero-order valence-electron chi connectivity index (χ0n) is 16.3. The Balaban J connectivity index is 5.10. The Kier molecular flexibility index (Phi) is 11.2. The number of methoxy groups -OCH3 is 2. The lowest BCUT2D eigenvalue weighted by Gasteiger charge is -2.09. The van der Waals surface area contributed by atoms with Crippen LogP contribution < -0.4 is 0 Å². The van der Waals surface area contributed by atoms with Gasteiger partial charge in [-0.1, -0.05) is 43.2 Å². The van der Waals surface area contributed by atoms with E-state index in [2.05, 4.69) is 51.8 Å². The predicted molar refractivity (Wildman–Crippen MR) is 104 cm³/mol. The zero-order chi connectivity index (χ0) is 18.5. The number of terminal acetylenes is 1. The van der Waals surface area contributed by atoms with Crippen LogP contribution in [0.15, 0.2) is 58.6 Å². The number of ether oxygens (including phenoxy) is 2. The van der Waals surface area contributed by atoms with Crippen molar-refractivity contribution in [1.82, 2.24) is 0 Å². The van der Waals surface area contributed by atoms with Crippen LogP contribution >= 0.6 is 0 Å². The largest absolute Gasteiger partial charge is 0.501 e. The van der Waals surface area contributed by atoms with Gasteiger partial charge in [0.2, 0.25) is 0 Å². The lowest BCUT2D eigenvalue weighted by Crippen LogP contribution is -1.93. The van der Waals surface area contributed by atoms with E-state index >= 15 is 0 Å². The highest BCUT2D eigenvalue weighted by atomic mass is 16.5. The lowest BCUT2D eigenvalue weighted by molar-refractivity contribution is 0.277. The van der Waals surface area contributed by atoms with E-state index in [1.807, 2.05) is 19.1 Å². The molecular formula is C22H32O2. The summed E-state index contributed by atoms with van der Waals surface area (Å²) in [5.41, 5.74) is 3.88. The van der Waals surface area contributed by atoms with Gasteiger partial charge >= 0.3 is 0 Å². The van der Waals surface area contributed by atoms with Crippen LogP contribution in [0.25, 0.3) is 0 Å². The highest BCUT2D eigenvalue weighted by Gasteiger charge is 2.01. The van der Waals surface area contributed by atoms with Gasteiger partial charge in [-0.05, 0) is 44.8 Å². The molecule has 0 spiro atoms. The van der Waals surface area contributed by atoms with Crippen LogP contribution in [-0.4, -0.2) is 14.2 Å². The van der Waals surface area contributed by atoms with Crippen LogP contribution in [0.4, 0.5) is 0 Å². The van der Waals surface area contributed by atoms with Crippen LogP contribution in [0.5, 0.6) is 0 Å². The van der Waals surface area contributed by atoms with Gasteiger partial charge in [0.15, 0.2) is 0 Å². The van der Waals surface area contributed by atoms with Crippen LogP contribution in [0.2, 0.25) is 0 Å². The number of rotatable bonds is 9. The third-order valence-corrected chi connectivity index (χ3v) is 3.53. The minimum Gasteiger partial charge on any atom is -0.501 e. The minimum absolute atomic E-state index is 0.472. The molecule has 2 nitrogen and oxygen atoms in total. The summed E-state index contributed by atoms with van der Waals surface area (Å²) in [5.74, 6) is 4.73. The topological polar surface area (TPSA) is 18.5 Å². The zero-order valence-corrected chi connectivity index (χ0v) is 16.3. The second kappa shape index (κ2) is 12.3. The maximum absolute atomic E-state index is 5.36. The molecule has 0 saturated heterocycles. The van der Waals surface area contributed by atoms with Gasteiger partial charge in [0, 0.05) is 12.5 Å². The molecule has 0 unspecified atom stereocenters. The summed E-state index contributed by atoms with van der Waals surface area (Å²) in [4.78, 5) is 0. The highest BCUT2D eigenvalue weighted by Crippen LogP contribution is 2.18. The summed E-state index contributed by atoms with van der Waals surface area (Å²) in [6.07, 6.45) is 17.2. The summed E-state index contributed by atoms with van der Waals surface area (Å²) in [5, 5.41) is 0. The van der Waals surface area contributed by atoms with Crippen LogP contribution in [-0.2, 0) is 9.47 Å². The van der Waals surface area contributed by atoms with E-state index in [-0.39, 0.29) is 0 Å². The van der Waals surface area contributed by atoms with E-state index in [0.717, 1.165) is 17.9 Å². The Morgan fingerprint density at radius 2 is 1.67 bits per heavy atom.